The number of hydrogen-bond donors (Lipinski definition) is 2. The van der Waals surface area contributed by atoms with Crippen molar-refractivity contribution < 1.29 is 14.4 Å². The van der Waals surface area contributed by atoms with E-state index in [0.717, 1.165) is 0 Å². The summed E-state index contributed by atoms with van der Waals surface area (Å²) in [6, 6.07) is 0. The maximum Gasteiger partial charge on any atom is 0.314 e. The van der Waals surface area contributed by atoms with E-state index >= 15 is 0 Å². The molecule has 0 saturated carbocycles. The molecule has 0 aromatic carbocycles. The van der Waals surface area contributed by atoms with E-state index in [-0.39, 0.29) is 0 Å². The van der Waals surface area contributed by atoms with E-state index in [4.69, 9.17) is 7.60 Å². The van der Waals surface area contributed by atoms with Crippen molar-refractivity contribution in [1.82, 2.24) is 0 Å². The molecule has 0 radical (unpaired) electrons. The van der Waals surface area contributed by atoms with Gasteiger partial charge in [-0.15, -0.1) is 0 Å². The van der Waals surface area contributed by atoms with Crippen LogP contribution >= 0.6 is 8.20 Å². The van der Waals surface area contributed by atoms with Gasteiger partial charge in [-0.1, -0.05) is 0 Å². The van der Waals surface area contributed by atoms with Gasteiger partial charge in [0.1, 0.15) is 0 Å². The molecule has 0 saturated heterocycles. The lowest BCUT2D eigenvalue weighted by Crippen LogP contribution is -1.38. The second-order valence-electron chi connectivity index (χ2n) is 0.238. The third-order valence-electron chi connectivity index (χ3n) is 0. The van der Waals surface area contributed by atoms with Gasteiger partial charge in [-0.2, -0.15) is 0 Å². The first-order valence-corrected chi connectivity index (χ1v) is 1.70. The summed E-state index contributed by atoms with van der Waals surface area (Å²) in [5.74, 6) is 0. The zero-order valence-electron chi connectivity index (χ0n) is 3.71. The van der Waals surface area contributed by atoms with Crippen LogP contribution in [0.3, 0.4) is 0 Å². The van der Waals surface area contributed by atoms with Crippen LogP contribution in [0.5, 0.6) is 0 Å². The highest BCUT2D eigenvalue weighted by molar-refractivity contribution is 7.30. The van der Waals surface area contributed by atoms with Crippen LogP contribution in [0.1, 0.15) is 0 Å². The van der Waals surface area contributed by atoms with Gasteiger partial charge in [0.15, 0.2) is 1.28 Å². The van der Waals surface area contributed by atoms with E-state index in [1.165, 1.54) is 0 Å². The second-order valence-corrected chi connectivity index (χ2v) is 0.714. The van der Waals surface area contributed by atoms with Gasteiger partial charge in [-0.3, -0.25) is 4.57 Å². The predicted molar refractivity (Wildman–Crippen MR) is 13.4 cm³/mol. The first-order chi connectivity index (χ1) is 2.56. The quantitative estimate of drug-likeness (QED) is 0.417. The summed E-state index contributed by atoms with van der Waals surface area (Å²) in [6.45, 7) is 0. The third kappa shape index (κ3) is 126. The highest BCUT2D eigenvalue weighted by atomic mass is 31.1. The molecule has 3 nitrogen and oxygen atoms in total. The minimum atomic E-state index is -4.23. The summed E-state index contributed by atoms with van der Waals surface area (Å²) in [7, 11) is -4.23. The van der Waals surface area contributed by atoms with E-state index in [2.05, 4.69) is 4.90 Å². The Kier molecular flexibility index (Phi) is 0.570. The maximum absolute atomic E-state index is 9.40. The summed E-state index contributed by atoms with van der Waals surface area (Å²) < 4.78 is 20.9. The highest BCUT2D eigenvalue weighted by Crippen LogP contribution is 1.98. The van der Waals surface area contributed by atoms with Crippen molar-refractivity contribution in [3.8, 4) is 0 Å². The molecular formula is H3O3P. The van der Waals surface area contributed by atoms with Gasteiger partial charge in [0.2, 0.25) is 1.43 Å². The van der Waals surface area contributed by atoms with E-state index in [0.29, 0.717) is 0 Å². The molecule has 0 heterocycles. The Morgan fingerprint density at radius 3 is 2.75 bits per heavy atom. The van der Waals surface area contributed by atoms with Gasteiger partial charge < -0.3 is 9.79 Å². The number of rotatable bonds is 1. The Morgan fingerprint density at radius 1 is 2.50 bits per heavy atom. The van der Waals surface area contributed by atoms with E-state index in [1.54, 1.807) is 0 Å². The molecule has 26 valence electrons. The first kappa shape index (κ1) is 1.55. The van der Waals surface area contributed by atoms with Crippen LogP contribution in [0.25, 0.3) is 0 Å². The molecule has 1 atom stereocenters. The van der Waals surface area contributed by atoms with Gasteiger partial charge >= 0.3 is 8.20 Å². The van der Waals surface area contributed by atoms with Crippen molar-refractivity contribution in [2.75, 3.05) is 0 Å². The van der Waals surface area contributed by atoms with Crippen LogP contribution in [0.4, 0.5) is 0 Å². The molecule has 0 bridgehead atoms. The molecule has 4 heteroatoms. The molecule has 0 aromatic rings. The third-order valence-corrected chi connectivity index (χ3v) is 0. The summed E-state index contributed by atoms with van der Waals surface area (Å²) in [4.78, 5) is 10.6. The molecule has 0 amide bonds. The molecule has 0 aliphatic heterocycles. The molecule has 0 rings (SSSR count). The van der Waals surface area contributed by atoms with Crippen LogP contribution in [0, 0.1) is 0 Å². The molecule has 0 aromatic heterocycles. The van der Waals surface area contributed by atoms with Crippen LogP contribution in [0.15, 0.2) is 0 Å². The van der Waals surface area contributed by atoms with Gasteiger partial charge in [-0.05, 0) is 0 Å². The van der Waals surface area contributed by atoms with Crippen molar-refractivity contribution in [2.45, 2.75) is 0 Å². The average Bonchev–Trinajstić information content (AvgIpc) is 1.35. The van der Waals surface area contributed by atoms with Gasteiger partial charge in [0.05, 0.1) is 0 Å². The first-order valence-electron chi connectivity index (χ1n) is 1.42. The fourth-order valence-corrected chi connectivity index (χ4v) is 0. The second kappa shape index (κ2) is 1.47. The van der Waals surface area contributed by atoms with E-state index < -0.39 is 8.20 Å². The van der Waals surface area contributed by atoms with Crippen molar-refractivity contribution >= 4 is 8.20 Å². The Labute approximate surface area is 26.6 Å². The van der Waals surface area contributed by atoms with Gasteiger partial charge in [0, 0.05) is 0 Å². The summed E-state index contributed by atoms with van der Waals surface area (Å²) in [5.41, 5.74) is 0. The molecule has 0 spiro atoms. The Bertz CT molecular complexity index is 72.9. The monoisotopic (exact) mass is 86.0 g/mol. The Morgan fingerprint density at radius 2 is 2.75 bits per heavy atom. The zero-order valence-corrected chi connectivity index (χ0v) is 2.61. The van der Waals surface area contributed by atoms with Crippen molar-refractivity contribution in [1.29, 1.82) is 2.71 Å². The largest absolute Gasteiger partial charge is 0.326 e. The molecular weight excluding hydrogens is 79.0 g/mol. The lowest BCUT2D eigenvalue weighted by atomic mass is 15.8. The molecule has 1 unspecified atom stereocenters. The van der Waals surface area contributed by atoms with Crippen molar-refractivity contribution in [3.63, 3.8) is 0 Å². The van der Waals surface area contributed by atoms with Crippen LogP contribution in [-0.4, -0.2) is 12.5 Å². The van der Waals surface area contributed by atoms with Crippen LogP contribution in [-0.2, 0) is 4.57 Å². The summed E-state index contributed by atoms with van der Waals surface area (Å²) >= 11 is 0. The fourth-order valence-electron chi connectivity index (χ4n) is 0. The highest BCUT2D eigenvalue weighted by Gasteiger charge is 1.61. The van der Waals surface area contributed by atoms with Crippen molar-refractivity contribution in [3.05, 3.63) is 0 Å². The van der Waals surface area contributed by atoms with Crippen LogP contribution < -0.4 is 0 Å². The topological polar surface area (TPSA) is 57.5 Å². The zero-order chi connectivity index (χ0) is 5.21. The lowest BCUT2D eigenvalue weighted by Gasteiger charge is -1.61. The van der Waals surface area contributed by atoms with E-state index in [9.17, 15) is 4.57 Å². The predicted octanol–water partition coefficient (Wildman–Crippen LogP) is -0.639. The Hall–Kier alpha value is 0.150. The number of hydrogen-bond acceptors (Lipinski definition) is 2. The van der Waals surface area contributed by atoms with E-state index in [1.807, 2.05) is 0 Å². The van der Waals surface area contributed by atoms with Gasteiger partial charge in [0.25, 0.3) is 0 Å². The average molecular weight is 86.0 g/mol. The standard InChI is InChI=1S/H3O3P/c1-4(2)3/h4H,(H2,1,2,3)/i4T/hT. The molecule has 0 aliphatic carbocycles. The SMILES string of the molecule is [3H]OP([3H])(=O)O. The molecule has 0 fully saturated rings. The molecule has 4 heavy (non-hydrogen) atoms. The maximum atomic E-state index is 9.40. The molecule has 0 aliphatic rings. The summed E-state index contributed by atoms with van der Waals surface area (Å²) in [5, 5.41) is 0. The molecule has 2 N–H and O–H groups in total. The summed E-state index contributed by atoms with van der Waals surface area (Å²) in [6.07, 6.45) is 0. The normalized spacial score (nSPS) is 30.2. The Balaban J connectivity index is 3.48. The minimum Gasteiger partial charge on any atom is -0.326 e. The van der Waals surface area contributed by atoms with Crippen molar-refractivity contribution in [2.24, 2.45) is 0 Å². The lowest BCUT2D eigenvalue weighted by molar-refractivity contribution is 0.405. The van der Waals surface area contributed by atoms with Crippen LogP contribution in [0.2, 0.25) is 0 Å². The van der Waals surface area contributed by atoms with Gasteiger partial charge in [-0.25, -0.2) is 0 Å². The minimum absolute atomic E-state index is 2.97. The fraction of sp³-hybridized carbons (Fsp3) is 0. The smallest absolute Gasteiger partial charge is 0.314 e.